The molecule has 0 aliphatic carbocycles. The number of nitrogens with zero attached hydrogens (tertiary/aromatic N) is 1. The van der Waals surface area contributed by atoms with Crippen LogP contribution in [0.1, 0.15) is 31.0 Å². The van der Waals surface area contributed by atoms with Crippen molar-refractivity contribution in [3.8, 4) is 0 Å². The van der Waals surface area contributed by atoms with Gasteiger partial charge >= 0.3 is 0 Å². The number of hydrogen-bond donors (Lipinski definition) is 2. The lowest BCUT2D eigenvalue weighted by molar-refractivity contribution is -0.121. The minimum atomic E-state index is -0.458. The van der Waals surface area contributed by atoms with E-state index in [1.807, 2.05) is 24.3 Å². The molecule has 0 spiro atoms. The quantitative estimate of drug-likeness (QED) is 0.674. The number of piperidine rings is 1. The van der Waals surface area contributed by atoms with Crippen LogP contribution >= 0.6 is 11.6 Å². The van der Waals surface area contributed by atoms with Gasteiger partial charge in [-0.2, -0.15) is 0 Å². The first-order valence-electron chi connectivity index (χ1n) is 9.49. The average molecular weight is 400 g/mol. The molecule has 4 rings (SSSR count). The molecule has 0 atom stereocenters. The molecule has 3 aromatic rings. The summed E-state index contributed by atoms with van der Waals surface area (Å²) in [6.45, 7) is 3.88. The number of H-pyrrole nitrogens is 1. The molecular formula is C22H23ClFN3O. The maximum absolute atomic E-state index is 13.4. The van der Waals surface area contributed by atoms with Gasteiger partial charge in [0.2, 0.25) is 5.91 Å². The summed E-state index contributed by atoms with van der Waals surface area (Å²) in [4.78, 5) is 17.6. The number of benzene rings is 2. The SMILES string of the molecule is CC(=O)NC1(c2ccc(F)cc2)CCN(Cc2[nH]c3ccccc3c2Cl)CC1. The Balaban J connectivity index is 1.51. The van der Waals surface area contributed by atoms with Crippen molar-refractivity contribution < 1.29 is 9.18 Å². The molecule has 1 fully saturated rings. The van der Waals surface area contributed by atoms with Gasteiger partial charge in [0.15, 0.2) is 0 Å². The molecule has 1 aliphatic heterocycles. The van der Waals surface area contributed by atoms with Gasteiger partial charge in [-0.05, 0) is 36.6 Å². The van der Waals surface area contributed by atoms with Crippen molar-refractivity contribution in [2.24, 2.45) is 0 Å². The van der Waals surface area contributed by atoms with Crippen molar-refractivity contribution in [2.75, 3.05) is 13.1 Å². The lowest BCUT2D eigenvalue weighted by Crippen LogP contribution is -2.52. The molecule has 1 amide bonds. The van der Waals surface area contributed by atoms with E-state index < -0.39 is 5.54 Å². The molecule has 0 unspecified atom stereocenters. The highest BCUT2D eigenvalue weighted by atomic mass is 35.5. The van der Waals surface area contributed by atoms with Crippen LogP contribution in [-0.2, 0) is 16.9 Å². The van der Waals surface area contributed by atoms with E-state index in [1.165, 1.54) is 19.1 Å². The Morgan fingerprint density at radius 2 is 1.86 bits per heavy atom. The molecule has 28 heavy (non-hydrogen) atoms. The second-order valence-corrected chi connectivity index (χ2v) is 7.89. The van der Waals surface area contributed by atoms with Gasteiger partial charge in [0.1, 0.15) is 5.82 Å². The summed E-state index contributed by atoms with van der Waals surface area (Å²) in [5, 5.41) is 4.93. The Bertz CT molecular complexity index is 991. The van der Waals surface area contributed by atoms with Crippen molar-refractivity contribution in [2.45, 2.75) is 31.8 Å². The summed E-state index contributed by atoms with van der Waals surface area (Å²) in [7, 11) is 0. The summed E-state index contributed by atoms with van der Waals surface area (Å²) in [6.07, 6.45) is 1.52. The summed E-state index contributed by atoms with van der Waals surface area (Å²) in [5.41, 5.74) is 2.54. The van der Waals surface area contributed by atoms with Crippen molar-refractivity contribution in [3.05, 3.63) is 70.6 Å². The Labute approximate surface area is 168 Å². The van der Waals surface area contributed by atoms with Crippen LogP contribution < -0.4 is 5.32 Å². The number of aromatic nitrogens is 1. The van der Waals surface area contributed by atoms with Crippen LogP contribution in [0, 0.1) is 5.82 Å². The number of para-hydroxylation sites is 1. The number of halogens is 2. The molecule has 0 bridgehead atoms. The number of nitrogens with one attached hydrogen (secondary N) is 2. The number of carbonyl (C=O) groups is 1. The van der Waals surface area contributed by atoms with Crippen LogP contribution in [0.2, 0.25) is 5.02 Å². The molecule has 1 saturated heterocycles. The fourth-order valence-electron chi connectivity index (χ4n) is 4.18. The van der Waals surface area contributed by atoms with Crippen molar-refractivity contribution in [3.63, 3.8) is 0 Å². The van der Waals surface area contributed by atoms with Gasteiger partial charge in [0, 0.05) is 43.2 Å². The predicted molar refractivity (Wildman–Crippen MR) is 110 cm³/mol. The summed E-state index contributed by atoms with van der Waals surface area (Å²) in [5.74, 6) is -0.343. The van der Waals surface area contributed by atoms with Gasteiger partial charge in [0.25, 0.3) is 0 Å². The monoisotopic (exact) mass is 399 g/mol. The predicted octanol–water partition coefficient (Wildman–Crippen LogP) is 4.59. The zero-order valence-electron chi connectivity index (χ0n) is 15.8. The zero-order chi connectivity index (χ0) is 19.7. The minimum Gasteiger partial charge on any atom is -0.356 e. The van der Waals surface area contributed by atoms with Crippen LogP contribution in [0.4, 0.5) is 4.39 Å². The van der Waals surface area contributed by atoms with Gasteiger partial charge in [-0.25, -0.2) is 4.39 Å². The normalized spacial score (nSPS) is 17.0. The van der Waals surface area contributed by atoms with E-state index in [-0.39, 0.29) is 11.7 Å². The first-order chi connectivity index (χ1) is 13.5. The third-order valence-corrected chi connectivity index (χ3v) is 6.05. The van der Waals surface area contributed by atoms with E-state index >= 15 is 0 Å². The fourth-order valence-corrected chi connectivity index (χ4v) is 4.45. The van der Waals surface area contributed by atoms with Gasteiger partial charge in [0.05, 0.1) is 10.6 Å². The van der Waals surface area contributed by atoms with Gasteiger partial charge in [-0.1, -0.05) is 41.9 Å². The van der Waals surface area contributed by atoms with E-state index in [0.29, 0.717) is 0 Å². The van der Waals surface area contributed by atoms with E-state index in [0.717, 1.165) is 59.7 Å². The molecule has 0 saturated carbocycles. The first kappa shape index (κ1) is 19.0. The third kappa shape index (κ3) is 3.64. The maximum Gasteiger partial charge on any atom is 0.217 e. The van der Waals surface area contributed by atoms with Crippen molar-refractivity contribution in [1.29, 1.82) is 0 Å². The van der Waals surface area contributed by atoms with Gasteiger partial charge < -0.3 is 10.3 Å². The third-order valence-electron chi connectivity index (χ3n) is 5.62. The van der Waals surface area contributed by atoms with Crippen LogP contribution in [-0.4, -0.2) is 28.9 Å². The lowest BCUT2D eigenvalue weighted by Gasteiger charge is -2.42. The lowest BCUT2D eigenvalue weighted by atomic mass is 9.80. The van der Waals surface area contributed by atoms with E-state index in [4.69, 9.17) is 11.6 Å². The molecule has 0 radical (unpaired) electrons. The van der Waals surface area contributed by atoms with Crippen LogP contribution in [0.5, 0.6) is 0 Å². The summed E-state index contributed by atoms with van der Waals surface area (Å²) in [6, 6.07) is 14.5. The Kier molecular flexibility index (Phi) is 5.13. The molecule has 4 nitrogen and oxygen atoms in total. The number of hydrogen-bond acceptors (Lipinski definition) is 2. The van der Waals surface area contributed by atoms with Crippen LogP contribution in [0.25, 0.3) is 10.9 Å². The Hall–Kier alpha value is -2.37. The summed E-state index contributed by atoms with van der Waals surface area (Å²) < 4.78 is 13.4. The molecule has 1 aliphatic rings. The van der Waals surface area contributed by atoms with Crippen LogP contribution in [0.3, 0.4) is 0 Å². The highest BCUT2D eigenvalue weighted by Crippen LogP contribution is 2.35. The average Bonchev–Trinajstić information content (AvgIpc) is 2.99. The number of rotatable bonds is 4. The highest BCUT2D eigenvalue weighted by molar-refractivity contribution is 6.36. The van der Waals surface area contributed by atoms with Crippen molar-refractivity contribution in [1.82, 2.24) is 15.2 Å². The minimum absolute atomic E-state index is 0.0727. The molecule has 146 valence electrons. The molecule has 2 N–H and O–H groups in total. The van der Waals surface area contributed by atoms with E-state index in [2.05, 4.69) is 15.2 Å². The molecular weight excluding hydrogens is 377 g/mol. The molecule has 2 aromatic carbocycles. The van der Waals surface area contributed by atoms with E-state index in [1.54, 1.807) is 12.1 Å². The van der Waals surface area contributed by atoms with Crippen molar-refractivity contribution >= 4 is 28.4 Å². The second kappa shape index (κ2) is 7.57. The Morgan fingerprint density at radius 3 is 2.50 bits per heavy atom. The van der Waals surface area contributed by atoms with Gasteiger partial charge in [-0.3, -0.25) is 9.69 Å². The summed E-state index contributed by atoms with van der Waals surface area (Å²) >= 11 is 6.56. The highest BCUT2D eigenvalue weighted by Gasteiger charge is 2.37. The number of likely N-dealkylation sites (tertiary alicyclic amines) is 1. The number of amides is 1. The smallest absolute Gasteiger partial charge is 0.217 e. The molecule has 2 heterocycles. The molecule has 6 heteroatoms. The zero-order valence-corrected chi connectivity index (χ0v) is 16.5. The Morgan fingerprint density at radius 1 is 1.18 bits per heavy atom. The maximum atomic E-state index is 13.4. The van der Waals surface area contributed by atoms with Crippen LogP contribution in [0.15, 0.2) is 48.5 Å². The topological polar surface area (TPSA) is 48.1 Å². The standard InChI is InChI=1S/C22H23ClFN3O/c1-15(28)26-22(16-6-8-17(24)9-7-16)10-12-27(13-11-22)14-20-21(23)18-4-2-3-5-19(18)25-20/h2-9,25H,10-14H2,1H3,(H,26,28). The number of carbonyl (C=O) groups excluding carboxylic acids is 1. The second-order valence-electron chi connectivity index (χ2n) is 7.51. The number of fused-ring (bicyclic) bond motifs is 1. The largest absolute Gasteiger partial charge is 0.356 e. The first-order valence-corrected chi connectivity index (χ1v) is 9.87. The number of aromatic amines is 1. The van der Waals surface area contributed by atoms with E-state index in [9.17, 15) is 9.18 Å². The fraction of sp³-hybridized carbons (Fsp3) is 0.318. The van der Waals surface area contributed by atoms with Gasteiger partial charge in [-0.15, -0.1) is 0 Å². The molecule has 1 aromatic heterocycles.